The summed E-state index contributed by atoms with van der Waals surface area (Å²) in [7, 11) is 0. The Hall–Kier alpha value is -2.15. The Labute approximate surface area is 116 Å². The minimum absolute atomic E-state index is 0.0585. The molecule has 1 amide bonds. The number of rotatable bonds is 6. The molecule has 0 aromatic heterocycles. The fourth-order valence-electron chi connectivity index (χ4n) is 1.91. The molecule has 0 fully saturated rings. The van der Waals surface area contributed by atoms with Crippen molar-refractivity contribution in [3.8, 4) is 0 Å². The molecular weight excluding hydrogens is 262 g/mol. The van der Waals surface area contributed by atoms with Gasteiger partial charge in [0.05, 0.1) is 10.6 Å². The van der Waals surface area contributed by atoms with Gasteiger partial charge in [0.15, 0.2) is 0 Å². The predicted octanol–water partition coefficient (Wildman–Crippen LogP) is 1.31. The number of hydrogen-bond donors (Lipinski definition) is 3. The number of anilines is 1. The molecule has 7 nitrogen and oxygen atoms in total. The third kappa shape index (κ3) is 3.67. The topological polar surface area (TPSA) is 118 Å². The Balaban J connectivity index is 3.05. The number of hydrogen-bond acceptors (Lipinski definition) is 5. The summed E-state index contributed by atoms with van der Waals surface area (Å²) in [6.45, 7) is 3.71. The van der Waals surface area contributed by atoms with Crippen molar-refractivity contribution >= 4 is 17.3 Å². The Morgan fingerprint density at radius 2 is 2.15 bits per heavy atom. The Bertz CT molecular complexity index is 502. The molecule has 4 N–H and O–H groups in total. The molecule has 1 aromatic carbocycles. The maximum Gasteiger partial charge on any atom is 0.284 e. The fourth-order valence-corrected chi connectivity index (χ4v) is 1.91. The van der Waals surface area contributed by atoms with Gasteiger partial charge in [-0.15, -0.1) is 0 Å². The van der Waals surface area contributed by atoms with Crippen molar-refractivity contribution in [1.29, 1.82) is 0 Å². The van der Waals surface area contributed by atoms with Gasteiger partial charge in [-0.1, -0.05) is 19.9 Å². The smallest absolute Gasteiger partial charge is 0.284 e. The molecule has 0 heterocycles. The molecule has 20 heavy (non-hydrogen) atoms. The van der Waals surface area contributed by atoms with Crippen molar-refractivity contribution in [1.82, 2.24) is 5.32 Å². The van der Waals surface area contributed by atoms with E-state index in [0.29, 0.717) is 6.42 Å². The molecule has 1 atom stereocenters. The van der Waals surface area contributed by atoms with Crippen molar-refractivity contribution in [2.45, 2.75) is 26.3 Å². The predicted molar refractivity (Wildman–Crippen MR) is 75.3 cm³/mol. The molecule has 7 heteroatoms. The van der Waals surface area contributed by atoms with E-state index in [9.17, 15) is 14.9 Å². The number of nitrogens with zero attached hydrogens (tertiary/aromatic N) is 1. The van der Waals surface area contributed by atoms with Crippen molar-refractivity contribution in [3.63, 3.8) is 0 Å². The van der Waals surface area contributed by atoms with Gasteiger partial charge in [0.1, 0.15) is 5.56 Å². The number of nitrogens with one attached hydrogen (secondary N) is 1. The maximum atomic E-state index is 12.2. The Morgan fingerprint density at radius 3 is 2.65 bits per heavy atom. The first-order chi connectivity index (χ1) is 9.38. The average molecular weight is 281 g/mol. The van der Waals surface area contributed by atoms with E-state index in [4.69, 9.17) is 10.8 Å². The maximum absolute atomic E-state index is 12.2. The highest BCUT2D eigenvalue weighted by Crippen LogP contribution is 2.24. The summed E-state index contributed by atoms with van der Waals surface area (Å²) in [5.74, 6) is -0.503. The normalized spacial score (nSPS) is 12.2. The Morgan fingerprint density at radius 1 is 1.50 bits per heavy atom. The summed E-state index contributed by atoms with van der Waals surface area (Å²) in [6, 6.07) is 3.84. The quantitative estimate of drug-likeness (QED) is 0.412. The van der Waals surface area contributed by atoms with Crippen LogP contribution in [0.3, 0.4) is 0 Å². The standard InChI is InChI=1S/C13H19N3O4/c1-8(2)10(6-7-17)15-13(18)12-9(14)4-3-5-11(12)16(19)20/h3-5,8,10,17H,6-7,14H2,1-2H3,(H,15,18). The lowest BCUT2D eigenvalue weighted by atomic mass is 10.0. The summed E-state index contributed by atoms with van der Waals surface area (Å²) in [5.41, 5.74) is 5.27. The minimum Gasteiger partial charge on any atom is -0.398 e. The molecule has 0 aliphatic carbocycles. The summed E-state index contributed by atoms with van der Waals surface area (Å²) in [6.07, 6.45) is 0.379. The van der Waals surface area contributed by atoms with Gasteiger partial charge in [0.2, 0.25) is 0 Å². The van der Waals surface area contributed by atoms with Gasteiger partial charge < -0.3 is 16.2 Å². The van der Waals surface area contributed by atoms with Crippen molar-refractivity contribution in [3.05, 3.63) is 33.9 Å². The van der Waals surface area contributed by atoms with Crippen LogP contribution in [-0.4, -0.2) is 28.6 Å². The largest absolute Gasteiger partial charge is 0.398 e. The van der Waals surface area contributed by atoms with Crippen LogP contribution in [0.5, 0.6) is 0 Å². The zero-order valence-corrected chi connectivity index (χ0v) is 11.5. The molecule has 110 valence electrons. The third-order valence-corrected chi connectivity index (χ3v) is 3.06. The first-order valence-electron chi connectivity index (χ1n) is 6.33. The number of benzene rings is 1. The lowest BCUT2D eigenvalue weighted by Gasteiger charge is -2.21. The number of carbonyl (C=O) groups excluding carboxylic acids is 1. The van der Waals surface area contributed by atoms with Crippen LogP contribution in [0, 0.1) is 16.0 Å². The van der Waals surface area contributed by atoms with Crippen LogP contribution in [0.2, 0.25) is 0 Å². The Kier molecular flexibility index (Phi) is 5.45. The number of aliphatic hydroxyl groups is 1. The second-order valence-electron chi connectivity index (χ2n) is 4.83. The third-order valence-electron chi connectivity index (χ3n) is 3.06. The molecule has 0 aliphatic heterocycles. The van der Waals surface area contributed by atoms with Gasteiger partial charge in [0.25, 0.3) is 11.6 Å². The molecule has 0 aliphatic rings. The van der Waals surface area contributed by atoms with E-state index in [2.05, 4.69) is 5.32 Å². The van der Waals surface area contributed by atoms with Crippen molar-refractivity contribution < 1.29 is 14.8 Å². The summed E-state index contributed by atoms with van der Waals surface area (Å²) < 4.78 is 0. The highest BCUT2D eigenvalue weighted by atomic mass is 16.6. The van der Waals surface area contributed by atoms with Gasteiger partial charge in [-0.25, -0.2) is 0 Å². The van der Waals surface area contributed by atoms with E-state index < -0.39 is 10.8 Å². The van der Waals surface area contributed by atoms with Crippen LogP contribution in [0.15, 0.2) is 18.2 Å². The molecule has 0 bridgehead atoms. The number of nitro groups is 1. The van der Waals surface area contributed by atoms with E-state index in [1.54, 1.807) is 0 Å². The first-order valence-corrected chi connectivity index (χ1v) is 6.33. The van der Waals surface area contributed by atoms with Crippen LogP contribution in [0.1, 0.15) is 30.6 Å². The van der Waals surface area contributed by atoms with E-state index in [1.807, 2.05) is 13.8 Å². The molecule has 0 radical (unpaired) electrons. The zero-order valence-electron chi connectivity index (χ0n) is 11.5. The second-order valence-corrected chi connectivity index (χ2v) is 4.83. The number of nitrogen functional groups attached to an aromatic ring is 1. The molecule has 1 rings (SSSR count). The van der Waals surface area contributed by atoms with Gasteiger partial charge in [-0.3, -0.25) is 14.9 Å². The SMILES string of the molecule is CC(C)C(CCO)NC(=O)c1c(N)cccc1[N+](=O)[O-]. The van der Waals surface area contributed by atoms with Crippen LogP contribution < -0.4 is 11.1 Å². The minimum atomic E-state index is -0.637. The molecule has 0 spiro atoms. The van der Waals surface area contributed by atoms with E-state index in [0.717, 1.165) is 0 Å². The summed E-state index contributed by atoms with van der Waals surface area (Å²) in [5, 5.41) is 22.6. The highest BCUT2D eigenvalue weighted by Gasteiger charge is 2.25. The lowest BCUT2D eigenvalue weighted by Crippen LogP contribution is -2.39. The molecule has 1 unspecified atom stereocenters. The van der Waals surface area contributed by atoms with Crippen LogP contribution in [0.25, 0.3) is 0 Å². The monoisotopic (exact) mass is 281 g/mol. The van der Waals surface area contributed by atoms with Crippen molar-refractivity contribution in [2.24, 2.45) is 5.92 Å². The second kappa shape index (κ2) is 6.85. The van der Waals surface area contributed by atoms with Crippen LogP contribution in [0.4, 0.5) is 11.4 Å². The van der Waals surface area contributed by atoms with Gasteiger partial charge >= 0.3 is 0 Å². The average Bonchev–Trinajstić information content (AvgIpc) is 2.37. The van der Waals surface area contributed by atoms with Crippen LogP contribution >= 0.6 is 0 Å². The highest BCUT2D eigenvalue weighted by molar-refractivity contribution is 6.03. The number of nitro benzene ring substituents is 1. The number of aliphatic hydroxyl groups excluding tert-OH is 1. The van der Waals surface area contributed by atoms with Gasteiger partial charge in [-0.05, 0) is 18.4 Å². The lowest BCUT2D eigenvalue weighted by molar-refractivity contribution is -0.385. The van der Waals surface area contributed by atoms with Gasteiger partial charge in [0, 0.05) is 18.7 Å². The number of carbonyl (C=O) groups is 1. The summed E-state index contributed by atoms with van der Waals surface area (Å²) in [4.78, 5) is 22.5. The molecular formula is C13H19N3O4. The van der Waals surface area contributed by atoms with E-state index in [-0.39, 0.29) is 35.5 Å². The number of amides is 1. The number of nitrogens with two attached hydrogens (primary N) is 1. The molecule has 1 aromatic rings. The van der Waals surface area contributed by atoms with E-state index in [1.165, 1.54) is 18.2 Å². The van der Waals surface area contributed by atoms with Crippen molar-refractivity contribution in [2.75, 3.05) is 12.3 Å². The van der Waals surface area contributed by atoms with Gasteiger partial charge in [-0.2, -0.15) is 0 Å². The summed E-state index contributed by atoms with van der Waals surface area (Å²) >= 11 is 0. The first kappa shape index (κ1) is 15.9. The van der Waals surface area contributed by atoms with E-state index >= 15 is 0 Å². The van der Waals surface area contributed by atoms with Crippen LogP contribution in [-0.2, 0) is 0 Å². The fraction of sp³-hybridized carbons (Fsp3) is 0.462. The molecule has 0 saturated carbocycles. The zero-order chi connectivity index (χ0) is 15.3. The molecule has 0 saturated heterocycles.